The van der Waals surface area contributed by atoms with E-state index in [-0.39, 0.29) is 19.6 Å². The summed E-state index contributed by atoms with van der Waals surface area (Å²) in [6.07, 6.45) is -1.35. The molecule has 0 rings (SSSR count). The minimum atomic E-state index is -4.26. The van der Waals surface area contributed by atoms with E-state index in [1.54, 1.807) is 0 Å². The summed E-state index contributed by atoms with van der Waals surface area (Å²) in [5.41, 5.74) is 0. The Labute approximate surface area is 93.7 Å². The van der Waals surface area contributed by atoms with Crippen LogP contribution in [0.2, 0.25) is 0 Å². The summed E-state index contributed by atoms with van der Waals surface area (Å²) < 4.78 is 62.5. The summed E-state index contributed by atoms with van der Waals surface area (Å²) >= 11 is 0. The topological polar surface area (TPSA) is 138 Å². The first-order valence-corrected chi connectivity index (χ1v) is 7.48. The molecule has 10 heteroatoms. The largest absolute Gasteiger partial charge is 0.390 e. The van der Waals surface area contributed by atoms with Crippen molar-refractivity contribution in [1.82, 2.24) is 0 Å². The van der Waals surface area contributed by atoms with Crippen LogP contribution < -0.4 is 0 Å². The first kappa shape index (κ1) is 15.7. The first-order valence-electron chi connectivity index (χ1n) is 4.26. The normalized spacial score (nSPS) is 14.9. The molecule has 1 unspecified atom stereocenters. The number of hydrogen-bond acceptors (Lipinski definition) is 6. The van der Waals surface area contributed by atoms with Crippen LogP contribution in [0.25, 0.3) is 0 Å². The van der Waals surface area contributed by atoms with Crippen molar-refractivity contribution in [1.29, 1.82) is 0 Å². The van der Waals surface area contributed by atoms with Gasteiger partial charge in [0, 0.05) is 6.61 Å². The van der Waals surface area contributed by atoms with Gasteiger partial charge < -0.3 is 9.84 Å². The van der Waals surface area contributed by atoms with Crippen molar-refractivity contribution in [2.75, 3.05) is 24.7 Å². The molecule has 16 heavy (non-hydrogen) atoms. The lowest BCUT2D eigenvalue weighted by molar-refractivity contribution is 0.0476. The van der Waals surface area contributed by atoms with E-state index >= 15 is 0 Å². The lowest BCUT2D eigenvalue weighted by Crippen LogP contribution is -2.25. The van der Waals surface area contributed by atoms with Gasteiger partial charge in [0.05, 0.1) is 18.5 Å². The molecule has 0 aliphatic heterocycles. The third kappa shape index (κ3) is 11.8. The molecule has 1 atom stereocenters. The molecule has 0 aromatic carbocycles. The Morgan fingerprint density at radius 2 is 1.62 bits per heavy atom. The lowest BCUT2D eigenvalue weighted by atomic mass is 10.4. The summed E-state index contributed by atoms with van der Waals surface area (Å²) in [4.78, 5) is 0. The second kappa shape index (κ2) is 6.47. The molecule has 0 heterocycles. The Bertz CT molecular complexity index is 383. The highest BCUT2D eigenvalue weighted by atomic mass is 32.2. The maximum absolute atomic E-state index is 10.3. The van der Waals surface area contributed by atoms with E-state index in [1.807, 2.05) is 0 Å². The van der Waals surface area contributed by atoms with Crippen LogP contribution in [0, 0.1) is 0 Å². The molecule has 0 bridgehead atoms. The van der Waals surface area contributed by atoms with Crippen molar-refractivity contribution in [2.45, 2.75) is 12.5 Å². The van der Waals surface area contributed by atoms with Gasteiger partial charge in [0.1, 0.15) is 5.75 Å². The highest BCUT2D eigenvalue weighted by molar-refractivity contribution is 7.86. The Morgan fingerprint density at radius 3 is 2.06 bits per heavy atom. The SMILES string of the molecule is O=S(=O)(O)CCCOCC(O)CS(=O)(=O)O. The van der Waals surface area contributed by atoms with Gasteiger partial charge in [0.2, 0.25) is 0 Å². The van der Waals surface area contributed by atoms with Crippen LogP contribution in [-0.2, 0) is 25.0 Å². The number of aliphatic hydroxyl groups is 1. The summed E-state index contributed by atoms with van der Waals surface area (Å²) in [5.74, 6) is -1.31. The maximum atomic E-state index is 10.3. The van der Waals surface area contributed by atoms with Crippen molar-refractivity contribution in [3.63, 3.8) is 0 Å². The first-order chi connectivity index (χ1) is 7.10. The molecule has 0 aromatic rings. The predicted octanol–water partition coefficient (Wildman–Crippen LogP) is -1.47. The van der Waals surface area contributed by atoms with Gasteiger partial charge in [-0.3, -0.25) is 9.11 Å². The van der Waals surface area contributed by atoms with Crippen LogP contribution in [0.5, 0.6) is 0 Å². The summed E-state index contributed by atoms with van der Waals surface area (Å²) in [6, 6.07) is 0. The van der Waals surface area contributed by atoms with Crippen molar-refractivity contribution < 1.29 is 35.8 Å². The molecule has 0 aliphatic carbocycles. The molecule has 0 aromatic heterocycles. The number of aliphatic hydroxyl groups excluding tert-OH is 1. The maximum Gasteiger partial charge on any atom is 0.267 e. The number of hydrogen-bond donors (Lipinski definition) is 3. The predicted molar refractivity (Wildman–Crippen MR) is 54.3 cm³/mol. The zero-order valence-corrected chi connectivity index (χ0v) is 9.95. The fourth-order valence-corrected chi connectivity index (χ4v) is 1.92. The molecular weight excluding hydrogens is 264 g/mol. The molecule has 8 nitrogen and oxygen atoms in total. The van der Waals surface area contributed by atoms with E-state index in [0.717, 1.165) is 0 Å². The lowest BCUT2D eigenvalue weighted by Gasteiger charge is -2.08. The van der Waals surface area contributed by atoms with Crippen molar-refractivity contribution in [3.8, 4) is 0 Å². The minimum absolute atomic E-state index is 0.0252. The molecule has 3 N–H and O–H groups in total. The van der Waals surface area contributed by atoms with Crippen molar-refractivity contribution >= 4 is 20.2 Å². The zero-order chi connectivity index (χ0) is 12.8. The minimum Gasteiger partial charge on any atom is -0.390 e. The summed E-state index contributed by atoms with van der Waals surface area (Å²) in [5, 5.41) is 9.01. The molecule has 0 radical (unpaired) electrons. The number of rotatable bonds is 8. The molecule has 98 valence electrons. The van der Waals surface area contributed by atoms with Gasteiger partial charge in [-0.2, -0.15) is 16.8 Å². The second-order valence-corrected chi connectivity index (χ2v) is 6.19. The van der Waals surface area contributed by atoms with Gasteiger partial charge in [-0.05, 0) is 6.42 Å². The Morgan fingerprint density at radius 1 is 1.06 bits per heavy atom. The van der Waals surface area contributed by atoms with E-state index in [9.17, 15) is 16.8 Å². The van der Waals surface area contributed by atoms with Crippen LogP contribution in [0.4, 0.5) is 0 Å². The van der Waals surface area contributed by atoms with E-state index in [1.165, 1.54) is 0 Å². The Kier molecular flexibility index (Phi) is 6.36. The quantitative estimate of drug-likeness (QED) is 0.361. The molecule has 0 amide bonds. The van der Waals surface area contributed by atoms with Gasteiger partial charge in [0.15, 0.2) is 0 Å². The van der Waals surface area contributed by atoms with E-state index in [4.69, 9.17) is 18.9 Å². The standard InChI is InChI=1S/C6H14O8S2/c7-6(5-16(11,12)13)4-14-2-1-3-15(8,9)10/h6-7H,1-5H2,(H,8,9,10)(H,11,12,13). The van der Waals surface area contributed by atoms with Crippen molar-refractivity contribution in [3.05, 3.63) is 0 Å². The van der Waals surface area contributed by atoms with E-state index < -0.39 is 37.8 Å². The van der Waals surface area contributed by atoms with Crippen molar-refractivity contribution in [2.24, 2.45) is 0 Å². The third-order valence-electron chi connectivity index (χ3n) is 1.40. The van der Waals surface area contributed by atoms with Crippen LogP contribution in [-0.4, -0.2) is 61.9 Å². The molecule has 0 saturated heterocycles. The molecule has 0 aliphatic rings. The van der Waals surface area contributed by atoms with Gasteiger partial charge in [-0.15, -0.1) is 0 Å². The molecular formula is C6H14O8S2. The van der Waals surface area contributed by atoms with E-state index in [0.29, 0.717) is 0 Å². The van der Waals surface area contributed by atoms with Gasteiger partial charge >= 0.3 is 0 Å². The summed E-state index contributed by atoms with van der Waals surface area (Å²) in [7, 11) is -8.29. The average Bonchev–Trinajstić information content (AvgIpc) is 1.97. The van der Waals surface area contributed by atoms with Crippen LogP contribution in [0.1, 0.15) is 6.42 Å². The molecule has 0 fully saturated rings. The third-order valence-corrected chi connectivity index (χ3v) is 3.01. The van der Waals surface area contributed by atoms with E-state index in [2.05, 4.69) is 0 Å². The summed E-state index contributed by atoms with van der Waals surface area (Å²) in [6.45, 7) is -0.395. The van der Waals surface area contributed by atoms with Crippen LogP contribution in [0.3, 0.4) is 0 Å². The Hall–Kier alpha value is -0.260. The average molecular weight is 278 g/mol. The zero-order valence-electron chi connectivity index (χ0n) is 8.31. The van der Waals surface area contributed by atoms with Crippen LogP contribution >= 0.6 is 0 Å². The van der Waals surface area contributed by atoms with Crippen LogP contribution in [0.15, 0.2) is 0 Å². The molecule has 0 spiro atoms. The highest BCUT2D eigenvalue weighted by Gasteiger charge is 2.14. The second-order valence-electron chi connectivity index (χ2n) is 3.12. The molecule has 0 saturated carbocycles. The van der Waals surface area contributed by atoms with Gasteiger partial charge in [-0.25, -0.2) is 0 Å². The fourth-order valence-electron chi connectivity index (χ4n) is 0.854. The smallest absolute Gasteiger partial charge is 0.267 e. The van der Waals surface area contributed by atoms with Gasteiger partial charge in [-0.1, -0.05) is 0 Å². The fraction of sp³-hybridized carbons (Fsp3) is 1.00. The number of ether oxygens (including phenoxy) is 1. The Balaban J connectivity index is 3.60. The van der Waals surface area contributed by atoms with Gasteiger partial charge in [0.25, 0.3) is 20.2 Å². The monoisotopic (exact) mass is 278 g/mol. The highest BCUT2D eigenvalue weighted by Crippen LogP contribution is 1.94.